The zero-order valence-corrected chi connectivity index (χ0v) is 17.2. The first-order valence-electron chi connectivity index (χ1n) is 9.44. The van der Waals surface area contributed by atoms with E-state index in [1.165, 1.54) is 23.5 Å². The molecule has 150 valence electrons. The van der Waals surface area contributed by atoms with Crippen molar-refractivity contribution in [2.75, 3.05) is 18.4 Å². The van der Waals surface area contributed by atoms with Gasteiger partial charge in [0.15, 0.2) is 0 Å². The summed E-state index contributed by atoms with van der Waals surface area (Å²) in [4.78, 5) is 15.0. The predicted octanol–water partition coefficient (Wildman–Crippen LogP) is 4.85. The number of nitrogens with one attached hydrogen (secondary N) is 1. The molecular formula is C21H20ClFN4OS. The molecule has 0 radical (unpaired) electrons. The Balaban J connectivity index is 1.35. The molecule has 1 N–H and O–H groups in total. The average molecular weight is 431 g/mol. The minimum Gasteiger partial charge on any atom is -0.300 e. The maximum Gasteiger partial charge on any atom is 0.230 e. The summed E-state index contributed by atoms with van der Waals surface area (Å²) in [7, 11) is 0. The second-order valence-corrected chi connectivity index (χ2v) is 8.52. The largest absolute Gasteiger partial charge is 0.300 e. The molecule has 1 fully saturated rings. The van der Waals surface area contributed by atoms with Gasteiger partial charge in [-0.25, -0.2) is 4.39 Å². The Kier molecular flexibility index (Phi) is 6.18. The minimum atomic E-state index is -0.236. The van der Waals surface area contributed by atoms with Crippen LogP contribution in [0.3, 0.4) is 0 Å². The summed E-state index contributed by atoms with van der Waals surface area (Å²) >= 11 is 7.26. The Labute approximate surface area is 177 Å². The third-order valence-electron chi connectivity index (χ3n) is 4.94. The summed E-state index contributed by atoms with van der Waals surface area (Å²) in [5.74, 6) is -0.376. The molecule has 0 bridgehead atoms. The van der Waals surface area contributed by atoms with E-state index in [4.69, 9.17) is 11.6 Å². The molecule has 4 rings (SSSR count). The van der Waals surface area contributed by atoms with Crippen molar-refractivity contribution in [3.8, 4) is 10.6 Å². The lowest BCUT2D eigenvalue weighted by atomic mass is 9.97. The number of anilines is 1. The topological polar surface area (TPSA) is 58.1 Å². The quantitative estimate of drug-likeness (QED) is 0.628. The van der Waals surface area contributed by atoms with Gasteiger partial charge < -0.3 is 5.32 Å². The molecule has 8 heteroatoms. The molecule has 1 saturated heterocycles. The van der Waals surface area contributed by atoms with E-state index in [0.717, 1.165) is 35.5 Å². The number of benzene rings is 2. The lowest BCUT2D eigenvalue weighted by Crippen LogP contribution is -2.40. The second kappa shape index (κ2) is 8.98. The first kappa shape index (κ1) is 19.9. The van der Waals surface area contributed by atoms with E-state index in [2.05, 4.69) is 20.4 Å². The van der Waals surface area contributed by atoms with Gasteiger partial charge in [0.05, 0.1) is 5.92 Å². The highest BCUT2D eigenvalue weighted by Gasteiger charge is 2.26. The summed E-state index contributed by atoms with van der Waals surface area (Å²) in [5.41, 5.74) is 1.96. The molecule has 2 aromatic carbocycles. The number of halogens is 2. The smallest absolute Gasteiger partial charge is 0.230 e. The normalized spacial score (nSPS) is 17.2. The van der Waals surface area contributed by atoms with Crippen LogP contribution in [0.15, 0.2) is 48.5 Å². The average Bonchev–Trinajstić information content (AvgIpc) is 3.19. The fraction of sp³-hybridized carbons (Fsp3) is 0.286. The van der Waals surface area contributed by atoms with E-state index in [9.17, 15) is 9.18 Å². The number of hydrogen-bond acceptors (Lipinski definition) is 5. The summed E-state index contributed by atoms with van der Waals surface area (Å²) in [6.07, 6.45) is 1.79. The van der Waals surface area contributed by atoms with Crippen LogP contribution >= 0.6 is 22.9 Å². The van der Waals surface area contributed by atoms with E-state index < -0.39 is 0 Å². The zero-order valence-electron chi connectivity index (χ0n) is 15.6. The van der Waals surface area contributed by atoms with Gasteiger partial charge in [0, 0.05) is 23.7 Å². The highest BCUT2D eigenvalue weighted by atomic mass is 35.5. The van der Waals surface area contributed by atoms with Crippen molar-refractivity contribution in [3.63, 3.8) is 0 Å². The van der Waals surface area contributed by atoms with Crippen molar-refractivity contribution < 1.29 is 9.18 Å². The maximum atomic E-state index is 13.1. The van der Waals surface area contributed by atoms with Gasteiger partial charge in [-0.3, -0.25) is 9.69 Å². The van der Waals surface area contributed by atoms with Crippen molar-refractivity contribution in [1.82, 2.24) is 15.1 Å². The zero-order chi connectivity index (χ0) is 20.2. The summed E-state index contributed by atoms with van der Waals surface area (Å²) in [5, 5.41) is 13.1. The first-order chi connectivity index (χ1) is 14.1. The molecule has 1 atom stereocenters. The molecule has 5 nitrogen and oxygen atoms in total. The molecular weight excluding hydrogens is 411 g/mol. The van der Waals surface area contributed by atoms with Gasteiger partial charge in [-0.15, -0.1) is 10.2 Å². The van der Waals surface area contributed by atoms with Crippen molar-refractivity contribution in [1.29, 1.82) is 0 Å². The highest BCUT2D eigenvalue weighted by Crippen LogP contribution is 2.28. The van der Waals surface area contributed by atoms with Crippen molar-refractivity contribution in [3.05, 3.63) is 64.9 Å². The van der Waals surface area contributed by atoms with Crippen LogP contribution in [0.4, 0.5) is 9.52 Å². The fourth-order valence-electron chi connectivity index (χ4n) is 3.45. The van der Waals surface area contributed by atoms with Gasteiger partial charge in [0.2, 0.25) is 11.0 Å². The molecule has 0 aliphatic carbocycles. The van der Waals surface area contributed by atoms with E-state index in [1.807, 2.05) is 12.1 Å². The van der Waals surface area contributed by atoms with Gasteiger partial charge in [0.25, 0.3) is 0 Å². The van der Waals surface area contributed by atoms with Crippen LogP contribution in [0.5, 0.6) is 0 Å². The molecule has 0 unspecified atom stereocenters. The van der Waals surface area contributed by atoms with Crippen LogP contribution in [-0.2, 0) is 11.3 Å². The molecule has 29 heavy (non-hydrogen) atoms. The molecule has 2 heterocycles. The van der Waals surface area contributed by atoms with Crippen LogP contribution < -0.4 is 5.32 Å². The number of amides is 1. The Morgan fingerprint density at radius 2 is 1.93 bits per heavy atom. The second-order valence-electron chi connectivity index (χ2n) is 7.11. The first-order valence-corrected chi connectivity index (χ1v) is 10.6. The summed E-state index contributed by atoms with van der Waals surface area (Å²) in [6.45, 7) is 2.32. The van der Waals surface area contributed by atoms with Gasteiger partial charge in [0.1, 0.15) is 10.8 Å². The van der Waals surface area contributed by atoms with Crippen LogP contribution in [0.1, 0.15) is 18.4 Å². The van der Waals surface area contributed by atoms with E-state index in [-0.39, 0.29) is 17.6 Å². The molecule has 0 saturated carbocycles. The molecule has 3 aromatic rings. The van der Waals surface area contributed by atoms with Gasteiger partial charge in [-0.05, 0) is 49.2 Å². The molecule has 1 aliphatic rings. The lowest BCUT2D eigenvalue weighted by molar-refractivity contribution is -0.121. The predicted molar refractivity (Wildman–Crippen MR) is 113 cm³/mol. The van der Waals surface area contributed by atoms with Crippen LogP contribution in [0, 0.1) is 11.7 Å². The number of piperidine rings is 1. The minimum absolute atomic E-state index is 0.0346. The number of carbonyl (C=O) groups excluding carboxylic acids is 1. The number of nitrogens with zero attached hydrogens (tertiary/aromatic N) is 3. The van der Waals surface area contributed by atoms with Gasteiger partial charge >= 0.3 is 0 Å². The SMILES string of the molecule is O=C(Nc1nnc(-c2ccc(Cl)cc2)s1)[C@@H]1CCCN(Cc2ccc(F)cc2)C1. The summed E-state index contributed by atoms with van der Waals surface area (Å²) < 4.78 is 13.1. The summed E-state index contributed by atoms with van der Waals surface area (Å²) in [6, 6.07) is 13.9. The van der Waals surface area contributed by atoms with Crippen molar-refractivity contribution >= 4 is 34.0 Å². The fourth-order valence-corrected chi connectivity index (χ4v) is 4.33. The maximum absolute atomic E-state index is 13.1. The molecule has 1 aromatic heterocycles. The Hall–Kier alpha value is -2.35. The van der Waals surface area contributed by atoms with Crippen molar-refractivity contribution in [2.45, 2.75) is 19.4 Å². The van der Waals surface area contributed by atoms with Crippen LogP contribution in [0.2, 0.25) is 5.02 Å². The van der Waals surface area contributed by atoms with Crippen LogP contribution in [0.25, 0.3) is 10.6 Å². The number of likely N-dealkylation sites (tertiary alicyclic amines) is 1. The van der Waals surface area contributed by atoms with E-state index >= 15 is 0 Å². The number of rotatable bonds is 5. The standard InChI is InChI=1S/C21H20ClFN4OS/c22-17-7-5-15(6-8-17)20-25-26-21(29-20)24-19(28)16-2-1-11-27(13-16)12-14-3-9-18(23)10-4-14/h3-10,16H,1-2,11-13H2,(H,24,26,28)/t16-/m1/s1. The van der Waals surface area contributed by atoms with Gasteiger partial charge in [-0.1, -0.05) is 47.2 Å². The monoisotopic (exact) mass is 430 g/mol. The molecule has 1 amide bonds. The number of aromatic nitrogens is 2. The third-order valence-corrected chi connectivity index (χ3v) is 6.08. The third kappa shape index (κ3) is 5.18. The molecule has 1 aliphatic heterocycles. The van der Waals surface area contributed by atoms with Gasteiger partial charge in [-0.2, -0.15) is 0 Å². The molecule has 0 spiro atoms. The van der Waals surface area contributed by atoms with Crippen LogP contribution in [-0.4, -0.2) is 34.1 Å². The Morgan fingerprint density at radius 3 is 2.69 bits per heavy atom. The highest BCUT2D eigenvalue weighted by molar-refractivity contribution is 7.18. The van der Waals surface area contributed by atoms with E-state index in [0.29, 0.717) is 23.2 Å². The lowest BCUT2D eigenvalue weighted by Gasteiger charge is -2.31. The number of carbonyl (C=O) groups is 1. The van der Waals surface area contributed by atoms with E-state index in [1.54, 1.807) is 24.3 Å². The Bertz CT molecular complexity index is 977. The number of hydrogen-bond donors (Lipinski definition) is 1. The Morgan fingerprint density at radius 1 is 1.17 bits per heavy atom. The van der Waals surface area contributed by atoms with Crippen molar-refractivity contribution in [2.24, 2.45) is 5.92 Å².